The second-order valence-corrected chi connectivity index (χ2v) is 8.00. The molecule has 0 bridgehead atoms. The van der Waals surface area contributed by atoms with Crippen molar-refractivity contribution in [1.29, 1.82) is 0 Å². The maximum Gasteiger partial charge on any atom is 0.257 e. The lowest BCUT2D eigenvalue weighted by molar-refractivity contribution is -0.129. The van der Waals surface area contributed by atoms with Gasteiger partial charge in [-0.25, -0.2) is 9.97 Å². The van der Waals surface area contributed by atoms with Crippen LogP contribution in [-0.4, -0.2) is 96.4 Å². The molecule has 0 N–H and O–H groups in total. The molecule has 2 amide bonds. The van der Waals surface area contributed by atoms with E-state index in [-0.39, 0.29) is 17.4 Å². The predicted molar refractivity (Wildman–Crippen MR) is 104 cm³/mol. The number of rotatable bonds is 2. The number of likely N-dealkylation sites (tertiary alicyclic amines) is 1. The van der Waals surface area contributed by atoms with Crippen molar-refractivity contribution in [3.8, 4) is 0 Å². The van der Waals surface area contributed by atoms with Gasteiger partial charge < -0.3 is 14.7 Å². The Hall–Kier alpha value is -2.22. The maximum absolute atomic E-state index is 13.2. The van der Waals surface area contributed by atoms with Gasteiger partial charge in [-0.1, -0.05) is 0 Å². The number of carbonyl (C=O) groups is 2. The number of amides is 2. The quantitative estimate of drug-likeness (QED) is 0.756. The highest BCUT2D eigenvalue weighted by Gasteiger charge is 2.43. The molecule has 2 fully saturated rings. The van der Waals surface area contributed by atoms with E-state index in [0.717, 1.165) is 25.9 Å². The molecule has 0 radical (unpaired) electrons. The summed E-state index contributed by atoms with van der Waals surface area (Å²) in [6.07, 6.45) is 3.83. The molecule has 0 aromatic carbocycles. The summed E-state index contributed by atoms with van der Waals surface area (Å²) in [5.74, 6) is 0.769. The lowest BCUT2D eigenvalue weighted by Crippen LogP contribution is -2.62. The summed E-state index contributed by atoms with van der Waals surface area (Å²) in [4.78, 5) is 41.9. The number of aromatic nitrogens is 2. The molecule has 3 rings (SSSR count). The molecule has 1 atom stereocenters. The van der Waals surface area contributed by atoms with Crippen LogP contribution in [0, 0.1) is 6.92 Å². The molecule has 1 aromatic rings. The van der Waals surface area contributed by atoms with Crippen LogP contribution in [0.2, 0.25) is 0 Å². The fourth-order valence-corrected chi connectivity index (χ4v) is 3.98. The van der Waals surface area contributed by atoms with E-state index in [0.29, 0.717) is 36.7 Å². The van der Waals surface area contributed by atoms with E-state index in [4.69, 9.17) is 0 Å². The number of likely N-dealkylation sites (N-methyl/N-ethyl adjacent to an activating group) is 1. The van der Waals surface area contributed by atoms with Crippen molar-refractivity contribution in [1.82, 2.24) is 24.7 Å². The fraction of sp³-hybridized carbons (Fsp3) is 0.684. The van der Waals surface area contributed by atoms with Crippen molar-refractivity contribution < 1.29 is 9.59 Å². The molecule has 148 valence electrons. The largest absolute Gasteiger partial charge is 0.347 e. The molecule has 2 saturated heterocycles. The van der Waals surface area contributed by atoms with Crippen LogP contribution in [0.5, 0.6) is 0 Å². The highest BCUT2D eigenvalue weighted by atomic mass is 16.2. The zero-order chi connectivity index (χ0) is 19.8. The summed E-state index contributed by atoms with van der Waals surface area (Å²) in [5.41, 5.74) is 1.11. The predicted octanol–water partition coefficient (Wildman–Crippen LogP) is 0.620. The van der Waals surface area contributed by atoms with E-state index in [2.05, 4.69) is 21.9 Å². The Labute approximate surface area is 161 Å². The van der Waals surface area contributed by atoms with Crippen molar-refractivity contribution in [2.45, 2.75) is 31.7 Å². The first-order valence-electron chi connectivity index (χ1n) is 9.49. The number of hydrogen-bond donors (Lipinski definition) is 0. The Kier molecular flexibility index (Phi) is 5.37. The van der Waals surface area contributed by atoms with E-state index >= 15 is 0 Å². The Bertz CT molecular complexity index is 737. The topological polar surface area (TPSA) is 72.9 Å². The van der Waals surface area contributed by atoms with Crippen LogP contribution in [0.15, 0.2) is 6.20 Å². The summed E-state index contributed by atoms with van der Waals surface area (Å²) in [6, 6.07) is 0. The average molecular weight is 374 g/mol. The molecule has 8 heteroatoms. The molecular weight excluding hydrogens is 344 g/mol. The summed E-state index contributed by atoms with van der Waals surface area (Å²) in [7, 11) is 7.73. The van der Waals surface area contributed by atoms with Crippen molar-refractivity contribution >= 4 is 17.8 Å². The lowest BCUT2D eigenvalue weighted by atomic mass is 9.86. The van der Waals surface area contributed by atoms with Gasteiger partial charge in [0.15, 0.2) is 0 Å². The molecule has 1 aromatic heterocycles. The minimum atomic E-state index is -0.146. The van der Waals surface area contributed by atoms with Crippen LogP contribution < -0.4 is 4.90 Å². The van der Waals surface area contributed by atoms with Crippen molar-refractivity contribution in [2.75, 3.05) is 59.3 Å². The van der Waals surface area contributed by atoms with Crippen LogP contribution in [0.3, 0.4) is 0 Å². The Morgan fingerprint density at radius 3 is 2.59 bits per heavy atom. The van der Waals surface area contributed by atoms with Gasteiger partial charge in [-0.2, -0.15) is 0 Å². The number of aryl methyl sites for hydroxylation is 1. The minimum Gasteiger partial charge on any atom is -0.347 e. The first-order valence-corrected chi connectivity index (χ1v) is 9.49. The monoisotopic (exact) mass is 374 g/mol. The van der Waals surface area contributed by atoms with Gasteiger partial charge >= 0.3 is 0 Å². The smallest absolute Gasteiger partial charge is 0.257 e. The first kappa shape index (κ1) is 19.5. The second-order valence-electron chi connectivity index (χ2n) is 8.00. The average Bonchev–Trinajstić information content (AvgIpc) is 2.78. The van der Waals surface area contributed by atoms with Crippen molar-refractivity contribution in [3.63, 3.8) is 0 Å². The van der Waals surface area contributed by atoms with Crippen molar-refractivity contribution in [2.24, 2.45) is 0 Å². The van der Waals surface area contributed by atoms with Crippen LogP contribution in [0.1, 0.15) is 35.3 Å². The number of hydrogen-bond acceptors (Lipinski definition) is 6. The summed E-state index contributed by atoms with van der Waals surface area (Å²) < 4.78 is 0. The van der Waals surface area contributed by atoms with Crippen LogP contribution in [-0.2, 0) is 4.79 Å². The van der Waals surface area contributed by atoms with E-state index < -0.39 is 0 Å². The fourth-order valence-electron chi connectivity index (χ4n) is 3.98. The van der Waals surface area contributed by atoms with Gasteiger partial charge in [0.2, 0.25) is 11.9 Å². The van der Waals surface area contributed by atoms with Gasteiger partial charge in [-0.3, -0.25) is 14.5 Å². The van der Waals surface area contributed by atoms with E-state index in [1.807, 2.05) is 37.9 Å². The van der Waals surface area contributed by atoms with Gasteiger partial charge in [0, 0.05) is 65.5 Å². The number of piperazine rings is 1. The van der Waals surface area contributed by atoms with Gasteiger partial charge in [0.25, 0.3) is 5.91 Å². The molecule has 0 aliphatic carbocycles. The molecule has 8 nitrogen and oxygen atoms in total. The normalized spacial score (nSPS) is 24.3. The van der Waals surface area contributed by atoms with Crippen LogP contribution in [0.25, 0.3) is 0 Å². The Morgan fingerprint density at radius 2 is 1.93 bits per heavy atom. The molecule has 1 spiro atoms. The number of anilines is 1. The van der Waals surface area contributed by atoms with E-state index in [1.165, 1.54) is 0 Å². The summed E-state index contributed by atoms with van der Waals surface area (Å²) >= 11 is 0. The molecular formula is C19H30N6O2. The number of carbonyl (C=O) groups excluding carboxylic acids is 2. The van der Waals surface area contributed by atoms with Crippen LogP contribution >= 0.6 is 0 Å². The highest BCUT2D eigenvalue weighted by molar-refractivity contribution is 5.95. The summed E-state index contributed by atoms with van der Waals surface area (Å²) in [6.45, 7) is 4.70. The zero-order valence-corrected chi connectivity index (χ0v) is 17.0. The standard InChI is InChI=1S/C19H30N6O2/c1-14-15(12-20-18(21-14)22(2)3)17(27)25-11-10-24(5)19(13-25)7-6-16(26)23(4)9-8-19/h12H,6-11,13H2,1-5H3/t19-/m0/s1. The minimum absolute atomic E-state index is 0.0193. The van der Waals surface area contributed by atoms with Gasteiger partial charge in [-0.05, 0) is 26.8 Å². The first-order chi connectivity index (χ1) is 12.7. The third-order valence-corrected chi connectivity index (χ3v) is 6.03. The SMILES string of the molecule is Cc1nc(N(C)C)ncc1C(=O)N1CCN(C)[C@]2(CCC(=O)N(C)CC2)C1. The molecule has 2 aliphatic heterocycles. The highest BCUT2D eigenvalue weighted by Crippen LogP contribution is 2.32. The lowest BCUT2D eigenvalue weighted by Gasteiger charge is -2.49. The molecule has 27 heavy (non-hydrogen) atoms. The van der Waals surface area contributed by atoms with E-state index in [1.54, 1.807) is 11.1 Å². The maximum atomic E-state index is 13.2. The third kappa shape index (κ3) is 3.76. The molecule has 2 aliphatic rings. The zero-order valence-electron chi connectivity index (χ0n) is 17.0. The van der Waals surface area contributed by atoms with Gasteiger partial charge in [0.05, 0.1) is 11.3 Å². The molecule has 3 heterocycles. The van der Waals surface area contributed by atoms with Crippen molar-refractivity contribution in [3.05, 3.63) is 17.5 Å². The molecule has 0 unspecified atom stereocenters. The van der Waals surface area contributed by atoms with Gasteiger partial charge in [0.1, 0.15) is 0 Å². The summed E-state index contributed by atoms with van der Waals surface area (Å²) in [5, 5.41) is 0. The second kappa shape index (κ2) is 7.42. The van der Waals surface area contributed by atoms with E-state index in [9.17, 15) is 9.59 Å². The Balaban J connectivity index is 1.81. The molecule has 0 saturated carbocycles. The van der Waals surface area contributed by atoms with Crippen LogP contribution in [0.4, 0.5) is 5.95 Å². The third-order valence-electron chi connectivity index (χ3n) is 6.03. The number of nitrogens with zero attached hydrogens (tertiary/aromatic N) is 6. The van der Waals surface area contributed by atoms with Gasteiger partial charge in [-0.15, -0.1) is 0 Å². The Morgan fingerprint density at radius 1 is 1.19 bits per heavy atom.